The van der Waals surface area contributed by atoms with Crippen LogP contribution in [-0.2, 0) is 68.4 Å². The van der Waals surface area contributed by atoms with Gasteiger partial charge in [0.05, 0.1) is 25.2 Å². The Morgan fingerprint density at radius 1 is 0.448 bits per heavy atom. The summed E-state index contributed by atoms with van der Waals surface area (Å²) in [7, 11) is 7.00. The fraction of sp³-hybridized carbons (Fsp3) is 0.930. The van der Waals surface area contributed by atoms with E-state index in [0.717, 1.165) is 110 Å². The van der Waals surface area contributed by atoms with Gasteiger partial charge in [-0.05, 0) is 85.9 Å². The Labute approximate surface area is 420 Å². The van der Waals surface area contributed by atoms with Gasteiger partial charge < -0.3 is 64.1 Å². The summed E-state index contributed by atoms with van der Waals surface area (Å²) in [6, 6.07) is 2.28. The summed E-state index contributed by atoms with van der Waals surface area (Å²) in [6.45, 7) is 6.18. The van der Waals surface area contributed by atoms with E-state index >= 15 is 0 Å². The molecule has 0 aromatic rings. The highest BCUT2D eigenvalue weighted by molar-refractivity contribution is 7.99. The van der Waals surface area contributed by atoms with E-state index in [4.69, 9.17) is 58.8 Å². The zero-order chi connectivity index (χ0) is 50.1. The third kappa shape index (κ3) is 31.0. The number of carbonyl (C=O) groups is 3. The molecule has 0 saturated carbocycles. The van der Waals surface area contributed by atoms with E-state index < -0.39 is 37.9 Å². The van der Waals surface area contributed by atoms with Crippen LogP contribution in [0.5, 0.6) is 0 Å². The van der Waals surface area contributed by atoms with E-state index in [1.165, 1.54) is 18.7 Å². The summed E-state index contributed by atoms with van der Waals surface area (Å²) < 4.78 is 74.8. The van der Waals surface area contributed by atoms with Crippen molar-refractivity contribution in [1.82, 2.24) is 10.2 Å². The van der Waals surface area contributed by atoms with Crippen LogP contribution in [0.1, 0.15) is 78.1 Å². The van der Waals surface area contributed by atoms with E-state index in [0.29, 0.717) is 59.2 Å². The topological polar surface area (TPSA) is 186 Å². The van der Waals surface area contributed by atoms with Crippen LogP contribution >= 0.6 is 35.3 Å². The number of nitrogens with zero attached hydrogens (tertiary/aromatic N) is 1. The highest BCUT2D eigenvalue weighted by Crippen LogP contribution is 2.24. The number of carbonyl (C=O) groups excluding carboxylic acids is 3. The molecular formula is C43H90N2O16S3Si3. The van der Waals surface area contributed by atoms with Crippen LogP contribution in [0.2, 0.25) is 18.1 Å². The lowest BCUT2D eigenvalue weighted by molar-refractivity contribution is -0.142. The predicted molar refractivity (Wildman–Crippen MR) is 275 cm³/mol. The van der Waals surface area contributed by atoms with Crippen molar-refractivity contribution in [2.75, 3.05) is 158 Å². The molecule has 0 unspecified atom stereocenters. The third-order valence-corrected chi connectivity index (χ3v) is 22.9. The lowest BCUT2D eigenvalue weighted by Gasteiger charge is -2.32. The monoisotopic (exact) mass is 1070 g/mol. The predicted octanol–water partition coefficient (Wildman–Crippen LogP) is 6.88. The van der Waals surface area contributed by atoms with E-state index in [-0.39, 0.29) is 18.4 Å². The lowest BCUT2D eigenvalue weighted by atomic mass is 9.92. The lowest BCUT2D eigenvalue weighted by Crippen LogP contribution is -2.43. The van der Waals surface area contributed by atoms with Crippen LogP contribution in [-0.4, -0.2) is 207 Å². The molecule has 1 N–H and O–H groups in total. The number of imide groups is 1. The van der Waals surface area contributed by atoms with Crippen LogP contribution in [0.3, 0.4) is 0 Å². The number of rotatable bonds is 48. The van der Waals surface area contributed by atoms with Crippen molar-refractivity contribution in [2.24, 2.45) is 5.41 Å². The van der Waals surface area contributed by atoms with E-state index in [1.807, 2.05) is 35.3 Å². The summed E-state index contributed by atoms with van der Waals surface area (Å²) in [6.07, 6.45) is 7.94. The van der Waals surface area contributed by atoms with Gasteiger partial charge in [0.25, 0.3) is 0 Å². The molecule has 0 radical (unpaired) electrons. The highest BCUT2D eigenvalue weighted by Gasteiger charge is 2.39. The summed E-state index contributed by atoms with van der Waals surface area (Å²) in [5, 5.41) is 2.88. The van der Waals surface area contributed by atoms with Crippen molar-refractivity contribution in [3.05, 3.63) is 0 Å². The molecule has 0 fully saturated rings. The number of hydrogen-bond acceptors (Lipinski definition) is 19. The van der Waals surface area contributed by atoms with Gasteiger partial charge in [0.1, 0.15) is 6.61 Å². The quantitative estimate of drug-likeness (QED) is 0.0491. The van der Waals surface area contributed by atoms with Crippen molar-refractivity contribution in [3.63, 3.8) is 0 Å². The maximum absolute atomic E-state index is 13.1. The number of amides is 3. The van der Waals surface area contributed by atoms with Gasteiger partial charge in [0, 0.05) is 129 Å². The summed E-state index contributed by atoms with van der Waals surface area (Å²) >= 11 is 5.57. The molecule has 67 heavy (non-hydrogen) atoms. The molecule has 398 valence electrons. The Balaban J connectivity index is 5.52. The Kier molecular flexibility index (Phi) is 41.9. The highest BCUT2D eigenvalue weighted by atomic mass is 32.2. The largest absolute Gasteiger partial charge is 0.500 e. The molecule has 0 saturated heterocycles. The van der Waals surface area contributed by atoms with Crippen molar-refractivity contribution < 1.29 is 73.2 Å². The average Bonchev–Trinajstić information content (AvgIpc) is 3.34. The molecule has 0 rings (SSSR count). The van der Waals surface area contributed by atoms with E-state index in [2.05, 4.69) is 5.32 Å². The first kappa shape index (κ1) is 66.6. The molecule has 0 spiro atoms. The first-order valence-electron chi connectivity index (χ1n) is 23.4. The first-order chi connectivity index (χ1) is 32.3. The Bertz CT molecular complexity index is 1100. The van der Waals surface area contributed by atoms with E-state index in [9.17, 15) is 14.4 Å². The fourth-order valence-electron chi connectivity index (χ4n) is 6.80. The van der Waals surface area contributed by atoms with Gasteiger partial charge in [-0.15, -0.1) is 0 Å². The fourth-order valence-corrected chi connectivity index (χ4v) is 15.4. The summed E-state index contributed by atoms with van der Waals surface area (Å²) in [5.74, 6) is 5.16. The molecule has 0 atom stereocenters. The van der Waals surface area contributed by atoms with E-state index in [1.54, 1.807) is 64.0 Å². The molecule has 18 nitrogen and oxygen atoms in total. The van der Waals surface area contributed by atoms with Gasteiger partial charge in [-0.1, -0.05) is 12.8 Å². The maximum Gasteiger partial charge on any atom is 0.500 e. The number of unbranched alkanes of at least 4 members (excludes halogenated alkanes) is 3. The van der Waals surface area contributed by atoms with Crippen molar-refractivity contribution in [1.29, 1.82) is 0 Å². The molecule has 0 aliphatic carbocycles. The minimum atomic E-state index is -2.58. The van der Waals surface area contributed by atoms with Crippen LogP contribution < -0.4 is 5.32 Å². The smallest absolute Gasteiger partial charge is 0.449 e. The van der Waals surface area contributed by atoms with Gasteiger partial charge in [-0.25, -0.2) is 4.79 Å². The SMILES string of the molecule is CO[Si](CCCSCCCOCC(COCCCSCCC[Si](OC)(OC)OC)(COCCCSCCC[Si](OC)(OC)OC)COC(=O)NCCCCCCN(C(C)=O)C(C)=O)(OC)OC. The normalized spacial score (nSPS) is 12.5. The number of ether oxygens (including phenoxy) is 4. The summed E-state index contributed by atoms with van der Waals surface area (Å²) in [5.41, 5.74) is -0.735. The molecule has 3 amide bonds. The molecular weight excluding hydrogens is 981 g/mol. The zero-order valence-corrected chi connectivity index (χ0v) is 48.5. The molecule has 0 bridgehead atoms. The van der Waals surface area contributed by atoms with Gasteiger partial charge >= 0.3 is 32.5 Å². The number of alkyl carbamates (subject to hydrolysis) is 1. The van der Waals surface area contributed by atoms with Crippen molar-refractivity contribution >= 4 is 79.6 Å². The second kappa shape index (κ2) is 42.2. The maximum atomic E-state index is 13.1. The van der Waals surface area contributed by atoms with Gasteiger partial charge in [0.15, 0.2) is 0 Å². The Hall–Kier alpha value is -0.369. The Morgan fingerprint density at radius 2 is 0.776 bits per heavy atom. The zero-order valence-electron chi connectivity index (χ0n) is 43.0. The van der Waals surface area contributed by atoms with Gasteiger partial charge in [-0.3, -0.25) is 14.5 Å². The van der Waals surface area contributed by atoms with Crippen LogP contribution in [0.25, 0.3) is 0 Å². The first-order valence-corrected chi connectivity index (χ1v) is 32.7. The summed E-state index contributed by atoms with van der Waals surface area (Å²) in [4.78, 5) is 37.7. The molecule has 0 aliphatic heterocycles. The Morgan fingerprint density at radius 3 is 1.10 bits per heavy atom. The van der Waals surface area contributed by atoms with Crippen LogP contribution in [0.4, 0.5) is 4.79 Å². The second-order valence-corrected chi connectivity index (χ2v) is 28.8. The molecule has 0 heterocycles. The molecule has 0 aromatic heterocycles. The standard InChI is InChI=1S/C43H90N2O16S3Si3/c1-40(46)45(41(2)47)23-15-13-12-14-22-44-42(48)61-39-43(36-58-24-16-27-62-30-19-33-65(49-3,50-4)51-5,37-59-25-17-28-63-31-20-34-66(52-6,53-7)54-8)38-60-26-18-29-64-32-21-35-67(55-9,56-10)57-11/h12-39H2,1-11H3,(H,44,48). The number of hydrogen-bond donors (Lipinski definition) is 1. The molecule has 24 heteroatoms. The second-order valence-electron chi connectivity index (χ2n) is 15.9. The van der Waals surface area contributed by atoms with Crippen molar-refractivity contribution in [2.45, 2.75) is 96.2 Å². The third-order valence-electron chi connectivity index (χ3n) is 10.9. The van der Waals surface area contributed by atoms with Crippen molar-refractivity contribution in [3.8, 4) is 0 Å². The van der Waals surface area contributed by atoms with Crippen LogP contribution in [0, 0.1) is 5.41 Å². The minimum Gasteiger partial charge on any atom is -0.449 e. The molecule has 0 aliphatic rings. The average molecular weight is 1070 g/mol. The van der Waals surface area contributed by atoms with Crippen LogP contribution in [0.15, 0.2) is 0 Å². The van der Waals surface area contributed by atoms with Gasteiger partial charge in [0.2, 0.25) is 11.8 Å². The number of nitrogens with one attached hydrogen (secondary N) is 1. The minimum absolute atomic E-state index is 0.0570. The number of thioether (sulfide) groups is 3. The molecule has 0 aromatic carbocycles. The van der Waals surface area contributed by atoms with Gasteiger partial charge in [-0.2, -0.15) is 35.3 Å².